The average molecular weight is 243 g/mol. The Morgan fingerprint density at radius 1 is 1.25 bits per heavy atom. The maximum atomic E-state index is 11.2. The summed E-state index contributed by atoms with van der Waals surface area (Å²) in [5, 5.41) is 0. The number of pyridine rings is 1. The largest absolute Gasteiger partial charge is 0.326 e. The highest BCUT2D eigenvalue weighted by Crippen LogP contribution is 2.46. The standard InChI is InChI=1S/C11H18NO3P/c1-3-11(4-2,9-16(13,14)15)10-5-7-12-8-6-10/h5-8H,3-4,9H2,1-2H3,(H2,13,14,15). The molecular formula is C11H18NO3P. The Balaban J connectivity index is 3.11. The highest BCUT2D eigenvalue weighted by molar-refractivity contribution is 7.51. The molecule has 16 heavy (non-hydrogen) atoms. The first-order valence-corrected chi connectivity index (χ1v) is 7.18. The van der Waals surface area contributed by atoms with Gasteiger partial charge in [-0.1, -0.05) is 13.8 Å². The van der Waals surface area contributed by atoms with Gasteiger partial charge in [-0.15, -0.1) is 0 Å². The van der Waals surface area contributed by atoms with Gasteiger partial charge in [0.15, 0.2) is 0 Å². The Hall–Kier alpha value is -0.700. The van der Waals surface area contributed by atoms with Crippen LogP contribution in [-0.4, -0.2) is 20.9 Å². The van der Waals surface area contributed by atoms with Gasteiger partial charge in [-0.25, -0.2) is 0 Å². The highest BCUT2D eigenvalue weighted by Gasteiger charge is 2.35. The molecular weight excluding hydrogens is 225 g/mol. The predicted molar refractivity (Wildman–Crippen MR) is 63.4 cm³/mol. The van der Waals surface area contributed by atoms with Crippen LogP contribution in [0.2, 0.25) is 0 Å². The summed E-state index contributed by atoms with van der Waals surface area (Å²) < 4.78 is 11.2. The van der Waals surface area contributed by atoms with Gasteiger partial charge in [-0.3, -0.25) is 9.55 Å². The van der Waals surface area contributed by atoms with Crippen molar-refractivity contribution in [2.24, 2.45) is 0 Å². The molecule has 0 fully saturated rings. The SMILES string of the molecule is CCC(CC)(CP(=O)(O)O)c1ccncc1. The third kappa shape index (κ3) is 3.14. The third-order valence-corrected chi connectivity index (χ3v) is 4.17. The van der Waals surface area contributed by atoms with E-state index in [1.54, 1.807) is 12.4 Å². The van der Waals surface area contributed by atoms with Crippen LogP contribution in [0.3, 0.4) is 0 Å². The first kappa shape index (κ1) is 13.4. The number of nitrogens with zero attached hydrogens (tertiary/aromatic N) is 1. The zero-order chi connectivity index (χ0) is 12.2. The van der Waals surface area contributed by atoms with Gasteiger partial charge in [0.1, 0.15) is 0 Å². The van der Waals surface area contributed by atoms with E-state index in [0.29, 0.717) is 12.8 Å². The molecule has 1 rings (SSSR count). The van der Waals surface area contributed by atoms with E-state index in [1.807, 2.05) is 26.0 Å². The fraction of sp³-hybridized carbons (Fsp3) is 0.545. The summed E-state index contributed by atoms with van der Waals surface area (Å²) in [6.07, 6.45) is 4.64. The van der Waals surface area contributed by atoms with Gasteiger partial charge in [0.25, 0.3) is 0 Å². The van der Waals surface area contributed by atoms with Gasteiger partial charge in [0, 0.05) is 17.8 Å². The minimum atomic E-state index is -4.01. The van der Waals surface area contributed by atoms with Crippen LogP contribution in [0.5, 0.6) is 0 Å². The number of rotatable bonds is 5. The van der Waals surface area contributed by atoms with Crippen molar-refractivity contribution in [2.75, 3.05) is 6.16 Å². The van der Waals surface area contributed by atoms with Crippen molar-refractivity contribution in [3.63, 3.8) is 0 Å². The van der Waals surface area contributed by atoms with E-state index in [0.717, 1.165) is 5.56 Å². The quantitative estimate of drug-likeness (QED) is 0.778. The van der Waals surface area contributed by atoms with Crippen LogP contribution in [-0.2, 0) is 9.98 Å². The minimum Gasteiger partial charge on any atom is -0.324 e. The van der Waals surface area contributed by atoms with Crippen molar-refractivity contribution in [3.8, 4) is 0 Å². The normalized spacial score (nSPS) is 12.8. The van der Waals surface area contributed by atoms with Gasteiger partial charge in [-0.05, 0) is 30.5 Å². The highest BCUT2D eigenvalue weighted by atomic mass is 31.2. The zero-order valence-electron chi connectivity index (χ0n) is 9.63. The third-order valence-electron chi connectivity index (χ3n) is 3.15. The fourth-order valence-electron chi connectivity index (χ4n) is 2.07. The molecule has 0 bridgehead atoms. The molecule has 0 atom stereocenters. The van der Waals surface area contributed by atoms with Crippen molar-refractivity contribution in [2.45, 2.75) is 32.1 Å². The molecule has 0 aliphatic heterocycles. The molecule has 1 heterocycles. The van der Waals surface area contributed by atoms with Crippen LogP contribution in [0.15, 0.2) is 24.5 Å². The van der Waals surface area contributed by atoms with E-state index in [4.69, 9.17) is 0 Å². The predicted octanol–water partition coefficient (Wildman–Crippen LogP) is 2.32. The smallest absolute Gasteiger partial charge is 0.324 e. The first-order chi connectivity index (χ1) is 7.43. The maximum Gasteiger partial charge on any atom is 0.326 e. The lowest BCUT2D eigenvalue weighted by molar-refractivity contribution is 0.340. The van der Waals surface area contributed by atoms with Crippen molar-refractivity contribution in [1.82, 2.24) is 4.98 Å². The van der Waals surface area contributed by atoms with E-state index in [1.165, 1.54) is 0 Å². The fourth-order valence-corrected chi connectivity index (χ4v) is 3.49. The van der Waals surface area contributed by atoms with Crippen LogP contribution in [0.1, 0.15) is 32.3 Å². The molecule has 1 aromatic heterocycles. The summed E-state index contributed by atoms with van der Waals surface area (Å²) >= 11 is 0. The summed E-state index contributed by atoms with van der Waals surface area (Å²) in [4.78, 5) is 22.3. The molecule has 5 heteroatoms. The monoisotopic (exact) mass is 243 g/mol. The van der Waals surface area contributed by atoms with E-state index < -0.39 is 13.0 Å². The Bertz CT molecular complexity index is 370. The molecule has 0 unspecified atom stereocenters. The van der Waals surface area contributed by atoms with E-state index in [2.05, 4.69) is 4.98 Å². The van der Waals surface area contributed by atoms with Crippen LogP contribution in [0, 0.1) is 0 Å². The summed E-state index contributed by atoms with van der Waals surface area (Å²) in [7, 11) is -4.01. The molecule has 0 aromatic carbocycles. The second-order valence-electron chi connectivity index (χ2n) is 4.05. The Morgan fingerprint density at radius 2 is 1.75 bits per heavy atom. The van der Waals surface area contributed by atoms with Gasteiger partial charge in [-0.2, -0.15) is 0 Å². The molecule has 2 N–H and O–H groups in total. The Kier molecular flexibility index (Phi) is 4.25. The molecule has 0 aliphatic carbocycles. The molecule has 0 saturated carbocycles. The van der Waals surface area contributed by atoms with Gasteiger partial charge in [0.2, 0.25) is 0 Å². The summed E-state index contributed by atoms with van der Waals surface area (Å²) in [5.74, 6) is 0. The van der Waals surface area contributed by atoms with Crippen LogP contribution >= 0.6 is 7.60 Å². The van der Waals surface area contributed by atoms with E-state index >= 15 is 0 Å². The van der Waals surface area contributed by atoms with Crippen molar-refractivity contribution >= 4 is 7.60 Å². The number of hydrogen-bond donors (Lipinski definition) is 2. The Morgan fingerprint density at radius 3 is 2.12 bits per heavy atom. The van der Waals surface area contributed by atoms with Crippen LogP contribution in [0.4, 0.5) is 0 Å². The van der Waals surface area contributed by atoms with Crippen molar-refractivity contribution in [3.05, 3.63) is 30.1 Å². The van der Waals surface area contributed by atoms with Gasteiger partial charge in [0.05, 0.1) is 6.16 Å². The molecule has 0 spiro atoms. The molecule has 0 saturated heterocycles. The molecule has 0 aliphatic rings. The summed E-state index contributed by atoms with van der Waals surface area (Å²) in [6.45, 7) is 3.92. The maximum absolute atomic E-state index is 11.2. The lowest BCUT2D eigenvalue weighted by Gasteiger charge is -2.32. The zero-order valence-corrected chi connectivity index (χ0v) is 10.5. The lowest BCUT2D eigenvalue weighted by atomic mass is 9.78. The van der Waals surface area contributed by atoms with Crippen molar-refractivity contribution < 1.29 is 14.4 Å². The molecule has 0 radical (unpaired) electrons. The molecule has 90 valence electrons. The van der Waals surface area contributed by atoms with Gasteiger partial charge < -0.3 is 9.79 Å². The van der Waals surface area contributed by atoms with Crippen LogP contribution < -0.4 is 0 Å². The van der Waals surface area contributed by atoms with Gasteiger partial charge >= 0.3 is 7.60 Å². The topological polar surface area (TPSA) is 70.4 Å². The first-order valence-electron chi connectivity index (χ1n) is 5.38. The number of hydrogen-bond acceptors (Lipinski definition) is 2. The van der Waals surface area contributed by atoms with Crippen LogP contribution in [0.25, 0.3) is 0 Å². The Labute approximate surface area is 95.9 Å². The molecule has 1 aromatic rings. The molecule has 0 amide bonds. The lowest BCUT2D eigenvalue weighted by Crippen LogP contribution is -2.29. The van der Waals surface area contributed by atoms with E-state index in [-0.39, 0.29) is 6.16 Å². The average Bonchev–Trinajstić information content (AvgIpc) is 2.26. The summed E-state index contributed by atoms with van der Waals surface area (Å²) in [6, 6.07) is 3.67. The second-order valence-corrected chi connectivity index (χ2v) is 5.69. The summed E-state index contributed by atoms with van der Waals surface area (Å²) in [5.41, 5.74) is 0.512. The molecule has 4 nitrogen and oxygen atoms in total. The number of aromatic nitrogens is 1. The second kappa shape index (κ2) is 5.09. The van der Waals surface area contributed by atoms with E-state index in [9.17, 15) is 14.4 Å². The van der Waals surface area contributed by atoms with Crippen molar-refractivity contribution in [1.29, 1.82) is 0 Å². The minimum absolute atomic E-state index is 0.100.